The van der Waals surface area contributed by atoms with Gasteiger partial charge < -0.3 is 10.1 Å². The highest BCUT2D eigenvalue weighted by atomic mass is 16.5. The predicted octanol–water partition coefficient (Wildman–Crippen LogP) is 3.98. The number of benzene rings is 2. The highest BCUT2D eigenvalue weighted by molar-refractivity contribution is 5.98. The maximum Gasteiger partial charge on any atom is 0.342 e. The van der Waals surface area contributed by atoms with Crippen molar-refractivity contribution in [2.75, 3.05) is 0 Å². The van der Waals surface area contributed by atoms with Gasteiger partial charge in [0.15, 0.2) is 6.10 Å². The molecule has 1 aliphatic rings. The van der Waals surface area contributed by atoms with Crippen LogP contribution in [0.1, 0.15) is 41.3 Å². The number of nitrogens with one attached hydrogen (secondary N) is 1. The topological polar surface area (TPSA) is 73.2 Å². The number of aryl methyl sites for hydroxylation is 2. The number of aromatic nitrogens is 2. The molecule has 0 bridgehead atoms. The fourth-order valence-corrected chi connectivity index (χ4v) is 3.34. The largest absolute Gasteiger partial charge is 0.449 e. The van der Waals surface area contributed by atoms with Gasteiger partial charge in [0, 0.05) is 17.8 Å². The lowest BCUT2D eigenvalue weighted by atomic mass is 10.0. The Morgan fingerprint density at radius 1 is 1.13 bits per heavy atom. The molecular formula is C24H25N3O3. The van der Waals surface area contributed by atoms with Crippen LogP contribution in [0.2, 0.25) is 0 Å². The lowest BCUT2D eigenvalue weighted by molar-refractivity contribution is -0.129. The Hall–Kier alpha value is -3.41. The molecule has 4 rings (SSSR count). The van der Waals surface area contributed by atoms with Crippen LogP contribution in [0.4, 0.5) is 0 Å². The molecule has 2 aromatic carbocycles. The lowest BCUT2D eigenvalue weighted by Gasteiger charge is -2.13. The van der Waals surface area contributed by atoms with Crippen molar-refractivity contribution < 1.29 is 14.3 Å². The van der Waals surface area contributed by atoms with Crippen LogP contribution in [0.5, 0.6) is 0 Å². The van der Waals surface area contributed by atoms with E-state index in [-0.39, 0.29) is 11.9 Å². The Kier molecular flexibility index (Phi) is 5.40. The van der Waals surface area contributed by atoms with Crippen LogP contribution in [0.25, 0.3) is 16.9 Å². The fourth-order valence-electron chi connectivity index (χ4n) is 3.34. The van der Waals surface area contributed by atoms with Gasteiger partial charge in [0.05, 0.1) is 5.69 Å². The van der Waals surface area contributed by atoms with Gasteiger partial charge in [0.2, 0.25) is 0 Å². The highest BCUT2D eigenvalue weighted by Gasteiger charge is 2.29. The summed E-state index contributed by atoms with van der Waals surface area (Å²) in [5.41, 5.74) is 4.71. The van der Waals surface area contributed by atoms with Crippen LogP contribution in [-0.2, 0) is 9.53 Å². The summed E-state index contributed by atoms with van der Waals surface area (Å²) in [6.45, 7) is 5.60. The van der Waals surface area contributed by atoms with Crippen molar-refractivity contribution in [1.29, 1.82) is 0 Å². The molecule has 6 heteroatoms. The average molecular weight is 403 g/mol. The van der Waals surface area contributed by atoms with E-state index in [1.54, 1.807) is 17.8 Å². The second kappa shape index (κ2) is 8.14. The third-order valence-electron chi connectivity index (χ3n) is 5.17. The SMILES string of the molecule is Cc1ccc(-c2nn(-c3ccccc3)cc2C(=O)O[C@@H](C)C(=O)NC2CC2)c(C)c1. The first-order valence-electron chi connectivity index (χ1n) is 10.2. The predicted molar refractivity (Wildman–Crippen MR) is 115 cm³/mol. The second-order valence-corrected chi connectivity index (χ2v) is 7.82. The molecule has 0 spiro atoms. The summed E-state index contributed by atoms with van der Waals surface area (Å²) >= 11 is 0. The van der Waals surface area contributed by atoms with Crippen LogP contribution >= 0.6 is 0 Å². The molecule has 1 fully saturated rings. The molecular weight excluding hydrogens is 378 g/mol. The van der Waals surface area contributed by atoms with Crippen molar-refractivity contribution >= 4 is 11.9 Å². The number of rotatable bonds is 6. The molecule has 1 aliphatic carbocycles. The van der Waals surface area contributed by atoms with E-state index >= 15 is 0 Å². The Labute approximate surface area is 175 Å². The van der Waals surface area contributed by atoms with E-state index in [1.165, 1.54) is 0 Å². The number of amides is 1. The third-order valence-corrected chi connectivity index (χ3v) is 5.17. The maximum atomic E-state index is 13.0. The molecule has 0 aliphatic heterocycles. The fraction of sp³-hybridized carbons (Fsp3) is 0.292. The van der Waals surface area contributed by atoms with E-state index in [0.717, 1.165) is 35.2 Å². The van der Waals surface area contributed by atoms with E-state index in [0.29, 0.717) is 11.3 Å². The van der Waals surface area contributed by atoms with E-state index in [9.17, 15) is 9.59 Å². The molecule has 1 heterocycles. The van der Waals surface area contributed by atoms with Crippen molar-refractivity contribution in [3.63, 3.8) is 0 Å². The number of ether oxygens (including phenoxy) is 1. The quantitative estimate of drug-likeness (QED) is 0.632. The number of carbonyl (C=O) groups excluding carboxylic acids is 2. The minimum absolute atomic E-state index is 0.213. The molecule has 0 radical (unpaired) electrons. The van der Waals surface area contributed by atoms with Crippen LogP contribution < -0.4 is 5.32 Å². The number of carbonyl (C=O) groups is 2. The second-order valence-electron chi connectivity index (χ2n) is 7.82. The molecule has 1 amide bonds. The summed E-state index contributed by atoms with van der Waals surface area (Å²) in [4.78, 5) is 25.2. The summed E-state index contributed by atoms with van der Waals surface area (Å²) in [7, 11) is 0. The van der Waals surface area contributed by atoms with Gasteiger partial charge in [-0.05, 0) is 51.3 Å². The first-order valence-corrected chi connectivity index (χ1v) is 10.2. The maximum absolute atomic E-state index is 13.0. The Balaban J connectivity index is 1.68. The summed E-state index contributed by atoms with van der Waals surface area (Å²) in [5.74, 6) is -0.833. The van der Waals surface area contributed by atoms with E-state index in [4.69, 9.17) is 4.74 Å². The molecule has 1 saturated carbocycles. The number of hydrogen-bond acceptors (Lipinski definition) is 4. The molecule has 30 heavy (non-hydrogen) atoms. The summed E-state index contributed by atoms with van der Waals surface area (Å²) < 4.78 is 7.16. The van der Waals surface area contributed by atoms with Crippen LogP contribution in [0.3, 0.4) is 0 Å². The van der Waals surface area contributed by atoms with Crippen LogP contribution in [0, 0.1) is 13.8 Å². The molecule has 0 unspecified atom stereocenters. The Bertz CT molecular complexity index is 1080. The summed E-state index contributed by atoms with van der Waals surface area (Å²) in [6.07, 6.45) is 2.75. The van der Waals surface area contributed by atoms with Gasteiger partial charge in [-0.15, -0.1) is 0 Å². The van der Waals surface area contributed by atoms with Crippen molar-refractivity contribution in [3.8, 4) is 16.9 Å². The van der Waals surface area contributed by atoms with Crippen molar-refractivity contribution in [3.05, 3.63) is 71.4 Å². The van der Waals surface area contributed by atoms with Gasteiger partial charge in [-0.2, -0.15) is 5.10 Å². The number of hydrogen-bond donors (Lipinski definition) is 1. The molecule has 1 aromatic heterocycles. The lowest BCUT2D eigenvalue weighted by Crippen LogP contribution is -2.37. The van der Waals surface area contributed by atoms with Crippen LogP contribution in [-0.4, -0.2) is 33.8 Å². The standard InChI is InChI=1S/C24H25N3O3/c1-15-9-12-20(16(2)13-15)22-21(14-27(26-22)19-7-5-4-6-8-19)24(29)30-17(3)23(28)25-18-10-11-18/h4-9,12-14,17-18H,10-11H2,1-3H3,(H,25,28)/t17-/m0/s1. The van der Waals surface area contributed by atoms with Crippen LogP contribution in [0.15, 0.2) is 54.7 Å². The van der Waals surface area contributed by atoms with Crippen molar-refractivity contribution in [2.45, 2.75) is 45.8 Å². The summed E-state index contributed by atoms with van der Waals surface area (Å²) in [5, 5.41) is 7.55. The zero-order chi connectivity index (χ0) is 21.3. The first-order chi connectivity index (χ1) is 14.4. The smallest absolute Gasteiger partial charge is 0.342 e. The molecule has 1 atom stereocenters. The van der Waals surface area contributed by atoms with Gasteiger partial charge in [-0.25, -0.2) is 9.48 Å². The minimum Gasteiger partial charge on any atom is -0.449 e. The Morgan fingerprint density at radius 3 is 2.53 bits per heavy atom. The van der Waals surface area contributed by atoms with Gasteiger partial charge in [-0.1, -0.05) is 42.0 Å². The van der Waals surface area contributed by atoms with E-state index in [2.05, 4.69) is 16.5 Å². The first kappa shape index (κ1) is 19.9. The number of esters is 1. The minimum atomic E-state index is -0.870. The average Bonchev–Trinajstić information content (AvgIpc) is 3.43. The monoisotopic (exact) mass is 403 g/mol. The number of para-hydroxylation sites is 1. The van der Waals surface area contributed by atoms with Gasteiger partial charge in [-0.3, -0.25) is 4.79 Å². The highest BCUT2D eigenvalue weighted by Crippen LogP contribution is 2.28. The summed E-state index contributed by atoms with van der Waals surface area (Å²) in [6, 6.07) is 15.8. The zero-order valence-electron chi connectivity index (χ0n) is 17.4. The molecule has 1 N–H and O–H groups in total. The van der Waals surface area contributed by atoms with Gasteiger partial charge in [0.25, 0.3) is 5.91 Å². The van der Waals surface area contributed by atoms with E-state index in [1.807, 2.05) is 56.3 Å². The molecule has 0 saturated heterocycles. The Morgan fingerprint density at radius 2 is 1.87 bits per heavy atom. The van der Waals surface area contributed by atoms with Crippen molar-refractivity contribution in [1.82, 2.24) is 15.1 Å². The third kappa shape index (κ3) is 4.27. The van der Waals surface area contributed by atoms with Gasteiger partial charge >= 0.3 is 5.97 Å². The van der Waals surface area contributed by atoms with E-state index < -0.39 is 12.1 Å². The van der Waals surface area contributed by atoms with Crippen molar-refractivity contribution in [2.24, 2.45) is 0 Å². The normalized spacial score (nSPS) is 14.2. The van der Waals surface area contributed by atoms with Gasteiger partial charge in [0.1, 0.15) is 11.3 Å². The molecule has 154 valence electrons. The zero-order valence-corrected chi connectivity index (χ0v) is 17.4. The molecule has 6 nitrogen and oxygen atoms in total. The molecule has 3 aromatic rings. The number of nitrogens with zero attached hydrogens (tertiary/aromatic N) is 2.